The molecule has 2 aromatic heterocycles. The number of rotatable bonds is 5. The van der Waals surface area contributed by atoms with Gasteiger partial charge in [0, 0.05) is 25.4 Å². The van der Waals surface area contributed by atoms with E-state index in [0.717, 1.165) is 11.1 Å². The summed E-state index contributed by atoms with van der Waals surface area (Å²) in [5.41, 5.74) is 4.01. The van der Waals surface area contributed by atoms with Gasteiger partial charge in [0.15, 0.2) is 5.82 Å². The number of fused-ring (bicyclic) bond motifs is 1. The lowest BCUT2D eigenvalue weighted by atomic mass is 10.1. The molecule has 3 heterocycles. The van der Waals surface area contributed by atoms with Crippen LogP contribution in [0, 0.1) is 18.3 Å². The molecule has 0 bridgehead atoms. The summed E-state index contributed by atoms with van der Waals surface area (Å²) in [6.07, 6.45) is 3.74. The topological polar surface area (TPSA) is 112 Å². The van der Waals surface area contributed by atoms with Gasteiger partial charge in [0.2, 0.25) is 11.9 Å². The third-order valence-corrected chi connectivity index (χ3v) is 4.62. The molecule has 0 fully saturated rings. The third-order valence-electron chi connectivity index (χ3n) is 4.62. The maximum absolute atomic E-state index is 11.7. The predicted octanol–water partition coefficient (Wildman–Crippen LogP) is 1.90. The van der Waals surface area contributed by atoms with Gasteiger partial charge in [-0.3, -0.25) is 9.48 Å². The maximum atomic E-state index is 11.7. The van der Waals surface area contributed by atoms with Gasteiger partial charge in [0.05, 0.1) is 36.6 Å². The number of hydrogen-bond donors (Lipinski definition) is 2. The number of nitrogens with zero attached hydrogens (tertiary/aromatic N) is 6. The number of nitriles is 1. The van der Waals surface area contributed by atoms with Crippen LogP contribution in [0.1, 0.15) is 22.4 Å². The molecule has 146 valence electrons. The number of nitrogens with one attached hydrogen (secondary N) is 2. The number of benzene rings is 1. The first-order valence-corrected chi connectivity index (χ1v) is 9.15. The molecule has 29 heavy (non-hydrogen) atoms. The van der Waals surface area contributed by atoms with E-state index in [1.165, 1.54) is 0 Å². The smallest absolute Gasteiger partial charge is 0.244 e. The highest BCUT2D eigenvalue weighted by Crippen LogP contribution is 2.29. The number of carbonyl (C=O) groups excluding carboxylic acids is 1. The van der Waals surface area contributed by atoms with Crippen LogP contribution in [0.2, 0.25) is 0 Å². The van der Waals surface area contributed by atoms with Gasteiger partial charge in [-0.1, -0.05) is 12.1 Å². The summed E-state index contributed by atoms with van der Waals surface area (Å²) in [4.78, 5) is 22.5. The average Bonchev–Trinajstić information content (AvgIpc) is 3.14. The monoisotopic (exact) mass is 388 g/mol. The van der Waals surface area contributed by atoms with E-state index in [9.17, 15) is 4.79 Å². The molecule has 3 aromatic rings. The molecule has 0 radical (unpaired) electrons. The largest absolute Gasteiger partial charge is 0.350 e. The molecule has 0 saturated carbocycles. The second-order valence-electron chi connectivity index (χ2n) is 6.95. The Kier molecular flexibility index (Phi) is 4.83. The second kappa shape index (κ2) is 7.59. The van der Waals surface area contributed by atoms with Gasteiger partial charge >= 0.3 is 0 Å². The maximum Gasteiger partial charge on any atom is 0.244 e. The summed E-state index contributed by atoms with van der Waals surface area (Å²) in [5, 5.41) is 19.5. The number of hydrogen-bond acceptors (Lipinski definition) is 7. The molecule has 1 aliphatic rings. The van der Waals surface area contributed by atoms with Gasteiger partial charge in [0.1, 0.15) is 5.69 Å². The number of aryl methyl sites for hydroxylation is 1. The van der Waals surface area contributed by atoms with Gasteiger partial charge < -0.3 is 15.5 Å². The Labute approximate surface area is 168 Å². The number of amides is 1. The van der Waals surface area contributed by atoms with Crippen molar-refractivity contribution >= 4 is 23.4 Å². The summed E-state index contributed by atoms with van der Waals surface area (Å²) in [7, 11) is 1.83. The molecule has 2 N–H and O–H groups in total. The average molecular weight is 388 g/mol. The van der Waals surface area contributed by atoms with E-state index in [-0.39, 0.29) is 12.5 Å². The number of anilines is 3. The lowest BCUT2D eigenvalue weighted by Gasteiger charge is -2.27. The molecule has 4 rings (SSSR count). The van der Waals surface area contributed by atoms with E-state index in [2.05, 4.69) is 31.8 Å². The van der Waals surface area contributed by atoms with Crippen molar-refractivity contribution in [3.05, 3.63) is 59.0 Å². The van der Waals surface area contributed by atoms with E-state index >= 15 is 0 Å². The van der Waals surface area contributed by atoms with E-state index in [1.54, 1.807) is 17.2 Å². The number of carbonyl (C=O) groups is 1. The molecule has 1 aromatic carbocycles. The van der Waals surface area contributed by atoms with Crippen molar-refractivity contribution in [2.45, 2.75) is 20.0 Å². The second-order valence-corrected chi connectivity index (χ2v) is 6.95. The van der Waals surface area contributed by atoms with Crippen LogP contribution in [0.15, 0.2) is 36.7 Å². The van der Waals surface area contributed by atoms with Crippen molar-refractivity contribution < 1.29 is 4.79 Å². The lowest BCUT2D eigenvalue weighted by Crippen LogP contribution is -2.36. The van der Waals surface area contributed by atoms with Crippen LogP contribution in [0.4, 0.5) is 17.5 Å². The van der Waals surface area contributed by atoms with Crippen LogP contribution in [-0.2, 0) is 17.9 Å². The summed E-state index contributed by atoms with van der Waals surface area (Å²) >= 11 is 0. The van der Waals surface area contributed by atoms with Crippen molar-refractivity contribution in [2.75, 3.05) is 29.1 Å². The van der Waals surface area contributed by atoms with Crippen molar-refractivity contribution in [3.8, 4) is 6.07 Å². The first-order chi connectivity index (χ1) is 14.0. The minimum atomic E-state index is -0.0693. The van der Waals surface area contributed by atoms with Crippen LogP contribution >= 0.6 is 0 Å². The zero-order valence-corrected chi connectivity index (χ0v) is 16.2. The molecular weight excluding hydrogens is 368 g/mol. The van der Waals surface area contributed by atoms with Crippen LogP contribution in [0.25, 0.3) is 0 Å². The van der Waals surface area contributed by atoms with Crippen molar-refractivity contribution in [1.82, 2.24) is 19.7 Å². The van der Waals surface area contributed by atoms with Crippen molar-refractivity contribution in [1.29, 1.82) is 5.26 Å². The molecule has 0 aliphatic carbocycles. The SMILES string of the molecule is Cc1nc(NCc2cnn(Cc3cccc(C#N)c3)c2)nc2c1NC(=O)CN2C. The van der Waals surface area contributed by atoms with Crippen LogP contribution in [-0.4, -0.2) is 39.2 Å². The van der Waals surface area contributed by atoms with E-state index in [1.807, 2.05) is 43.0 Å². The van der Waals surface area contributed by atoms with E-state index in [0.29, 0.717) is 41.8 Å². The Morgan fingerprint density at radius 2 is 2.17 bits per heavy atom. The fraction of sp³-hybridized carbons (Fsp3) is 0.250. The minimum Gasteiger partial charge on any atom is -0.350 e. The summed E-state index contributed by atoms with van der Waals surface area (Å²) in [6, 6.07) is 9.63. The highest BCUT2D eigenvalue weighted by atomic mass is 16.2. The molecule has 0 atom stereocenters. The zero-order valence-electron chi connectivity index (χ0n) is 16.2. The van der Waals surface area contributed by atoms with E-state index in [4.69, 9.17) is 5.26 Å². The highest BCUT2D eigenvalue weighted by molar-refractivity contribution is 6.00. The first kappa shape index (κ1) is 18.4. The van der Waals surface area contributed by atoms with Crippen LogP contribution in [0.5, 0.6) is 0 Å². The molecule has 0 spiro atoms. The fourth-order valence-corrected chi connectivity index (χ4v) is 3.22. The van der Waals surface area contributed by atoms with Crippen molar-refractivity contribution in [3.63, 3.8) is 0 Å². The molecule has 0 saturated heterocycles. The molecule has 1 amide bonds. The molecule has 9 nitrogen and oxygen atoms in total. The molecular formula is C20H20N8O. The summed E-state index contributed by atoms with van der Waals surface area (Å²) < 4.78 is 1.83. The van der Waals surface area contributed by atoms with Gasteiger partial charge in [-0.2, -0.15) is 15.3 Å². The summed E-state index contributed by atoms with van der Waals surface area (Å²) in [5.74, 6) is 1.13. The quantitative estimate of drug-likeness (QED) is 0.686. The van der Waals surface area contributed by atoms with Crippen LogP contribution in [0.3, 0.4) is 0 Å². The Balaban J connectivity index is 1.44. The van der Waals surface area contributed by atoms with Gasteiger partial charge in [-0.05, 0) is 24.6 Å². The Bertz CT molecular complexity index is 1110. The number of likely N-dealkylation sites (N-methyl/N-ethyl adjacent to an activating group) is 1. The normalized spacial score (nSPS) is 12.9. The van der Waals surface area contributed by atoms with Gasteiger partial charge in [-0.15, -0.1) is 0 Å². The van der Waals surface area contributed by atoms with Gasteiger partial charge in [0.25, 0.3) is 0 Å². The van der Waals surface area contributed by atoms with E-state index < -0.39 is 0 Å². The summed E-state index contributed by atoms with van der Waals surface area (Å²) in [6.45, 7) is 3.22. The highest BCUT2D eigenvalue weighted by Gasteiger charge is 2.23. The molecule has 9 heteroatoms. The number of aromatic nitrogens is 4. The predicted molar refractivity (Wildman–Crippen MR) is 108 cm³/mol. The molecule has 1 aliphatic heterocycles. The third kappa shape index (κ3) is 4.01. The van der Waals surface area contributed by atoms with Gasteiger partial charge in [-0.25, -0.2) is 4.98 Å². The molecule has 0 unspecified atom stereocenters. The van der Waals surface area contributed by atoms with Crippen LogP contribution < -0.4 is 15.5 Å². The van der Waals surface area contributed by atoms with Crippen molar-refractivity contribution in [2.24, 2.45) is 0 Å². The Morgan fingerprint density at radius 1 is 1.31 bits per heavy atom. The minimum absolute atomic E-state index is 0.0693. The Morgan fingerprint density at radius 3 is 3.00 bits per heavy atom. The zero-order chi connectivity index (χ0) is 20.4. The first-order valence-electron chi connectivity index (χ1n) is 9.15. The fourth-order valence-electron chi connectivity index (χ4n) is 3.22. The lowest BCUT2D eigenvalue weighted by molar-refractivity contribution is -0.115. The standard InChI is InChI=1S/C20H20N8O/c1-13-18-19(27(2)12-17(29)25-18)26-20(24-13)22-8-16-9-23-28(11-16)10-15-5-3-4-14(6-15)7-21/h3-6,9,11H,8,10,12H2,1-2H3,(H,25,29)(H,22,24,26). The Hall–Kier alpha value is -3.93.